The van der Waals surface area contributed by atoms with Gasteiger partial charge in [-0.05, 0) is 12.8 Å². The van der Waals surface area contributed by atoms with Gasteiger partial charge in [0.15, 0.2) is 0 Å². The fourth-order valence-electron chi connectivity index (χ4n) is 1.28. The third-order valence-electron chi connectivity index (χ3n) is 2.34. The van der Waals surface area contributed by atoms with Crippen LogP contribution in [0.25, 0.3) is 0 Å². The van der Waals surface area contributed by atoms with E-state index in [1.165, 1.54) is 0 Å². The molecule has 1 atom stereocenters. The summed E-state index contributed by atoms with van der Waals surface area (Å²) in [5.74, 6) is 0. The molecular formula is C11H24O2S. The summed E-state index contributed by atoms with van der Waals surface area (Å²) >= 11 is 1.69. The van der Waals surface area contributed by atoms with Gasteiger partial charge in [0.1, 0.15) is 5.44 Å². The second-order valence-electron chi connectivity index (χ2n) is 4.61. The van der Waals surface area contributed by atoms with Crippen LogP contribution in [0, 0.1) is 0 Å². The zero-order chi connectivity index (χ0) is 11.4. The third-order valence-corrected chi connectivity index (χ3v) is 3.89. The van der Waals surface area contributed by atoms with Gasteiger partial charge < -0.3 is 9.84 Å². The van der Waals surface area contributed by atoms with Gasteiger partial charge in [-0.15, -0.1) is 11.8 Å². The number of methoxy groups -OCH3 is 1. The Kier molecular flexibility index (Phi) is 5.48. The zero-order valence-corrected chi connectivity index (χ0v) is 11.1. The topological polar surface area (TPSA) is 29.5 Å². The van der Waals surface area contributed by atoms with E-state index >= 15 is 0 Å². The molecule has 2 nitrogen and oxygen atoms in total. The first kappa shape index (κ1) is 14.3. The van der Waals surface area contributed by atoms with Crippen molar-refractivity contribution in [2.75, 3.05) is 7.11 Å². The lowest BCUT2D eigenvalue weighted by molar-refractivity contribution is -0.0554. The number of aliphatic hydroxyl groups is 1. The van der Waals surface area contributed by atoms with Crippen molar-refractivity contribution in [2.45, 2.75) is 63.2 Å². The van der Waals surface area contributed by atoms with Crippen molar-refractivity contribution in [2.24, 2.45) is 0 Å². The molecule has 0 rings (SSSR count). The normalized spacial score (nSPS) is 15.6. The summed E-state index contributed by atoms with van der Waals surface area (Å²) in [5, 5.41) is 10.3. The Hall–Kier alpha value is 0.270. The second-order valence-corrected chi connectivity index (χ2v) is 6.50. The average molecular weight is 220 g/mol. The lowest BCUT2D eigenvalue weighted by Crippen LogP contribution is -2.42. The Labute approximate surface area is 92.4 Å². The van der Waals surface area contributed by atoms with E-state index in [-0.39, 0.29) is 10.2 Å². The van der Waals surface area contributed by atoms with Gasteiger partial charge in [-0.3, -0.25) is 0 Å². The molecule has 0 heterocycles. The molecule has 0 fully saturated rings. The van der Waals surface area contributed by atoms with E-state index in [2.05, 4.69) is 20.8 Å². The number of thioether (sulfide) groups is 1. The molecule has 1 unspecified atom stereocenters. The van der Waals surface area contributed by atoms with Crippen molar-refractivity contribution in [3.05, 3.63) is 0 Å². The molecule has 0 spiro atoms. The molecule has 0 aliphatic carbocycles. The highest BCUT2D eigenvalue weighted by Gasteiger charge is 2.36. The molecule has 0 aliphatic heterocycles. The molecule has 0 radical (unpaired) electrons. The first-order chi connectivity index (χ1) is 6.29. The van der Waals surface area contributed by atoms with Crippen molar-refractivity contribution in [1.29, 1.82) is 0 Å². The third kappa shape index (κ3) is 4.20. The lowest BCUT2D eigenvalue weighted by Gasteiger charge is -2.36. The first-order valence-corrected chi connectivity index (χ1v) is 6.10. The smallest absolute Gasteiger partial charge is 0.132 e. The lowest BCUT2D eigenvalue weighted by atomic mass is 9.99. The Balaban J connectivity index is 4.53. The Morgan fingerprint density at radius 2 is 1.64 bits per heavy atom. The van der Waals surface area contributed by atoms with Crippen LogP contribution in [-0.4, -0.2) is 28.0 Å². The molecule has 0 saturated heterocycles. The molecule has 3 heteroatoms. The fraction of sp³-hybridized carbons (Fsp3) is 1.00. The minimum atomic E-state index is -0.702. The van der Waals surface area contributed by atoms with E-state index < -0.39 is 5.60 Å². The Bertz CT molecular complexity index is 159. The van der Waals surface area contributed by atoms with Crippen LogP contribution in [0.5, 0.6) is 0 Å². The summed E-state index contributed by atoms with van der Waals surface area (Å²) < 4.78 is 5.50. The Morgan fingerprint density at radius 3 is 1.86 bits per heavy atom. The number of ether oxygens (including phenoxy) is 1. The maximum absolute atomic E-state index is 10.3. The molecular weight excluding hydrogens is 196 g/mol. The molecule has 0 aromatic rings. The largest absolute Gasteiger partial charge is 0.386 e. The highest BCUT2D eigenvalue weighted by Crippen LogP contribution is 2.37. The molecule has 1 N–H and O–H groups in total. The van der Waals surface area contributed by atoms with Gasteiger partial charge in [0, 0.05) is 11.9 Å². The molecule has 0 aromatic carbocycles. The van der Waals surface area contributed by atoms with E-state index in [1.807, 2.05) is 13.8 Å². The summed E-state index contributed by atoms with van der Waals surface area (Å²) in [7, 11) is 1.67. The number of hydrogen-bond acceptors (Lipinski definition) is 3. The van der Waals surface area contributed by atoms with Crippen molar-refractivity contribution in [3.8, 4) is 0 Å². The minimum absolute atomic E-state index is 0.110. The molecule has 0 aromatic heterocycles. The number of hydrogen-bond donors (Lipinski definition) is 1. The maximum Gasteiger partial charge on any atom is 0.132 e. The van der Waals surface area contributed by atoms with Crippen LogP contribution in [0.15, 0.2) is 0 Å². The highest BCUT2D eigenvalue weighted by atomic mass is 32.2. The first-order valence-electron chi connectivity index (χ1n) is 5.22. The molecule has 86 valence electrons. The monoisotopic (exact) mass is 220 g/mol. The minimum Gasteiger partial charge on any atom is -0.386 e. The van der Waals surface area contributed by atoms with E-state index in [1.54, 1.807) is 18.9 Å². The quantitative estimate of drug-likeness (QED) is 0.722. The van der Waals surface area contributed by atoms with Crippen molar-refractivity contribution < 1.29 is 9.84 Å². The molecule has 14 heavy (non-hydrogen) atoms. The summed E-state index contributed by atoms with van der Waals surface area (Å²) in [5.41, 5.74) is -0.843. The second kappa shape index (κ2) is 5.38. The fourth-order valence-corrected chi connectivity index (χ4v) is 2.57. The average Bonchev–Trinajstić information content (AvgIpc) is 2.11. The van der Waals surface area contributed by atoms with Crippen LogP contribution >= 0.6 is 11.8 Å². The van der Waals surface area contributed by atoms with Gasteiger partial charge in [-0.2, -0.15) is 0 Å². The van der Waals surface area contributed by atoms with Crippen molar-refractivity contribution in [3.63, 3.8) is 0 Å². The van der Waals surface area contributed by atoms with E-state index in [0.29, 0.717) is 0 Å². The molecule has 0 aliphatic rings. The van der Waals surface area contributed by atoms with Gasteiger partial charge in [-0.25, -0.2) is 0 Å². The predicted octanol–water partition coefficient (Wildman–Crippen LogP) is 3.04. The maximum atomic E-state index is 10.3. The van der Waals surface area contributed by atoms with E-state index in [4.69, 9.17) is 4.74 Å². The standard InChI is InChI=1S/C11H24O2S/c1-7-11(12,8-2)9(13-6)14-10(3,4)5/h9,12H,7-8H2,1-6H3. The van der Waals surface area contributed by atoms with E-state index in [9.17, 15) is 5.11 Å². The summed E-state index contributed by atoms with van der Waals surface area (Å²) in [6.07, 6.45) is 1.45. The zero-order valence-electron chi connectivity index (χ0n) is 10.3. The van der Waals surface area contributed by atoms with Crippen molar-refractivity contribution in [1.82, 2.24) is 0 Å². The van der Waals surface area contributed by atoms with Gasteiger partial charge in [-0.1, -0.05) is 34.6 Å². The van der Waals surface area contributed by atoms with Gasteiger partial charge >= 0.3 is 0 Å². The van der Waals surface area contributed by atoms with Crippen LogP contribution in [-0.2, 0) is 4.74 Å². The van der Waals surface area contributed by atoms with Crippen LogP contribution in [0.3, 0.4) is 0 Å². The molecule has 0 amide bonds. The molecule has 0 bridgehead atoms. The van der Waals surface area contributed by atoms with Crippen LogP contribution in [0.1, 0.15) is 47.5 Å². The predicted molar refractivity (Wildman–Crippen MR) is 63.7 cm³/mol. The van der Waals surface area contributed by atoms with Crippen LogP contribution in [0.4, 0.5) is 0 Å². The van der Waals surface area contributed by atoms with E-state index in [0.717, 1.165) is 12.8 Å². The van der Waals surface area contributed by atoms with Crippen LogP contribution in [0.2, 0.25) is 0 Å². The highest BCUT2D eigenvalue weighted by molar-refractivity contribution is 8.01. The SMILES string of the molecule is CCC(O)(CC)C(OC)SC(C)(C)C. The summed E-state index contributed by atoms with van der Waals surface area (Å²) in [4.78, 5) is 0. The Morgan fingerprint density at radius 1 is 1.21 bits per heavy atom. The molecule has 0 saturated carbocycles. The summed E-state index contributed by atoms with van der Waals surface area (Å²) in [6, 6.07) is 0. The summed E-state index contributed by atoms with van der Waals surface area (Å²) in [6.45, 7) is 10.4. The number of rotatable bonds is 5. The van der Waals surface area contributed by atoms with Gasteiger partial charge in [0.25, 0.3) is 0 Å². The van der Waals surface area contributed by atoms with Crippen LogP contribution < -0.4 is 0 Å². The van der Waals surface area contributed by atoms with Gasteiger partial charge in [0.05, 0.1) is 5.60 Å². The van der Waals surface area contributed by atoms with Gasteiger partial charge in [0.2, 0.25) is 0 Å². The van der Waals surface area contributed by atoms with Crippen molar-refractivity contribution >= 4 is 11.8 Å².